The molecule has 0 aromatic heterocycles. The molecule has 0 aromatic carbocycles. The third-order valence-electron chi connectivity index (χ3n) is 1.42. The molecule has 0 heterocycles. The Morgan fingerprint density at radius 1 is 1.06 bits per heavy atom. The number of hydrogen-bond acceptors (Lipinski definition) is 6. The molecule has 0 aliphatic carbocycles. The molecule has 0 amide bonds. The van der Waals surface area contributed by atoms with Crippen molar-refractivity contribution in [2.75, 3.05) is 13.2 Å². The van der Waals surface area contributed by atoms with Crippen LogP contribution in [-0.2, 0) is 23.8 Å². The molecule has 6 nitrogen and oxygen atoms in total. The molecule has 17 heavy (non-hydrogen) atoms. The zero-order chi connectivity index (χ0) is 13.3. The number of ether oxygens (including phenoxy) is 3. The average Bonchev–Trinajstić information content (AvgIpc) is 2.30. The lowest BCUT2D eigenvalue weighted by Gasteiger charge is -2.15. The van der Waals surface area contributed by atoms with Crippen molar-refractivity contribution in [3.8, 4) is 0 Å². The fourth-order valence-electron chi connectivity index (χ4n) is 0.715. The predicted molar refractivity (Wildman–Crippen MR) is 58.4 cm³/mol. The Bertz CT molecular complexity index is 301. The van der Waals surface area contributed by atoms with Crippen LogP contribution in [0.15, 0.2) is 25.3 Å². The molecule has 0 bridgehead atoms. The van der Waals surface area contributed by atoms with Crippen molar-refractivity contribution < 1.29 is 28.6 Å². The van der Waals surface area contributed by atoms with E-state index < -0.39 is 23.5 Å². The van der Waals surface area contributed by atoms with E-state index in [4.69, 9.17) is 11.6 Å². The van der Waals surface area contributed by atoms with Crippen LogP contribution in [0.1, 0.15) is 0 Å². The topological polar surface area (TPSA) is 78.9 Å². The maximum atomic E-state index is 10.8. The molecule has 0 saturated carbocycles. The van der Waals surface area contributed by atoms with Gasteiger partial charge in [-0.25, -0.2) is 14.4 Å². The summed E-state index contributed by atoms with van der Waals surface area (Å²) >= 11 is 4.99. The molecular weight excluding hydrogens is 252 g/mol. The molecule has 0 aliphatic rings. The molecular formula is C10H11ClO6. The zero-order valence-corrected chi connectivity index (χ0v) is 9.64. The normalized spacial score (nSPS) is 9.29. The van der Waals surface area contributed by atoms with Crippen LogP contribution in [0.5, 0.6) is 0 Å². The molecule has 0 unspecified atom stereocenters. The molecule has 0 aromatic rings. The molecule has 0 N–H and O–H groups in total. The van der Waals surface area contributed by atoms with E-state index in [9.17, 15) is 14.4 Å². The van der Waals surface area contributed by atoms with Crippen molar-refractivity contribution in [1.82, 2.24) is 0 Å². The van der Waals surface area contributed by atoms with Crippen LogP contribution >= 0.6 is 11.6 Å². The molecule has 0 fully saturated rings. The number of halogens is 1. The van der Waals surface area contributed by atoms with Gasteiger partial charge in [-0.15, -0.1) is 0 Å². The molecule has 0 rings (SSSR count). The van der Waals surface area contributed by atoms with Gasteiger partial charge in [0.15, 0.2) is 6.10 Å². The minimum atomic E-state index is -1.10. The van der Waals surface area contributed by atoms with Crippen LogP contribution in [0, 0.1) is 0 Å². The maximum absolute atomic E-state index is 10.8. The van der Waals surface area contributed by atoms with E-state index in [1.54, 1.807) is 0 Å². The molecule has 0 saturated heterocycles. The van der Waals surface area contributed by atoms with Gasteiger partial charge in [0.2, 0.25) is 0 Å². The Morgan fingerprint density at radius 2 is 1.47 bits per heavy atom. The first-order valence-electron chi connectivity index (χ1n) is 4.44. The Labute approximate surface area is 103 Å². The molecule has 0 atom stereocenters. The first kappa shape index (κ1) is 15.2. The van der Waals surface area contributed by atoms with Crippen molar-refractivity contribution in [1.29, 1.82) is 0 Å². The summed E-state index contributed by atoms with van der Waals surface area (Å²) < 4.78 is 13.8. The van der Waals surface area contributed by atoms with Gasteiger partial charge in [-0.2, -0.15) is 0 Å². The van der Waals surface area contributed by atoms with Gasteiger partial charge in [-0.05, 0) is 0 Å². The van der Waals surface area contributed by atoms with Crippen molar-refractivity contribution in [2.24, 2.45) is 0 Å². The van der Waals surface area contributed by atoms with Crippen molar-refractivity contribution in [2.45, 2.75) is 6.10 Å². The van der Waals surface area contributed by atoms with Crippen LogP contribution in [0.2, 0.25) is 0 Å². The van der Waals surface area contributed by atoms with Gasteiger partial charge in [-0.3, -0.25) is 0 Å². The predicted octanol–water partition coefficient (Wildman–Crippen LogP) is 1.19. The summed E-state index contributed by atoms with van der Waals surface area (Å²) in [5, 5.41) is 0. The van der Waals surface area contributed by atoms with Crippen LogP contribution in [0.25, 0.3) is 0 Å². The maximum Gasteiger partial charge on any atom is 0.404 e. The van der Waals surface area contributed by atoms with Crippen LogP contribution in [0.4, 0.5) is 4.79 Å². The molecule has 7 heteroatoms. The van der Waals surface area contributed by atoms with Crippen LogP contribution in [0.3, 0.4) is 0 Å². The second-order valence-corrected chi connectivity index (χ2v) is 2.95. The summed E-state index contributed by atoms with van der Waals surface area (Å²) in [6.07, 6.45) is 0.901. The Hall–Kier alpha value is -1.82. The molecule has 0 spiro atoms. The second kappa shape index (κ2) is 8.35. The molecule has 0 aliphatic heterocycles. The van der Waals surface area contributed by atoms with E-state index in [1.165, 1.54) is 0 Å². The first-order chi connectivity index (χ1) is 7.99. The highest BCUT2D eigenvalue weighted by molar-refractivity contribution is 6.61. The highest BCUT2D eigenvalue weighted by atomic mass is 35.5. The van der Waals surface area contributed by atoms with Crippen molar-refractivity contribution in [3.63, 3.8) is 0 Å². The SMILES string of the molecule is C=CC(=O)OCC(COC(=O)C=C)OC(=O)Cl. The fraction of sp³-hybridized carbons (Fsp3) is 0.300. The lowest BCUT2D eigenvalue weighted by atomic mass is 10.4. The first-order valence-corrected chi connectivity index (χ1v) is 4.82. The highest BCUT2D eigenvalue weighted by Gasteiger charge is 2.17. The van der Waals surface area contributed by atoms with Gasteiger partial charge in [0.25, 0.3) is 0 Å². The van der Waals surface area contributed by atoms with Crippen LogP contribution < -0.4 is 0 Å². The van der Waals surface area contributed by atoms with E-state index in [1.807, 2.05) is 0 Å². The summed E-state index contributed by atoms with van der Waals surface area (Å²) in [6.45, 7) is 5.76. The van der Waals surface area contributed by atoms with Gasteiger partial charge >= 0.3 is 17.4 Å². The average molecular weight is 263 g/mol. The number of esters is 2. The third-order valence-corrected chi connectivity index (χ3v) is 1.50. The second-order valence-electron chi connectivity index (χ2n) is 2.65. The van der Waals surface area contributed by atoms with Crippen molar-refractivity contribution in [3.05, 3.63) is 25.3 Å². The van der Waals surface area contributed by atoms with Gasteiger partial charge in [0, 0.05) is 23.8 Å². The number of carbonyl (C=O) groups is 3. The van der Waals surface area contributed by atoms with Gasteiger partial charge in [0.05, 0.1) is 0 Å². The number of hydrogen-bond donors (Lipinski definition) is 0. The molecule has 94 valence electrons. The van der Waals surface area contributed by atoms with Gasteiger partial charge in [0.1, 0.15) is 13.2 Å². The Balaban J connectivity index is 4.17. The smallest absolute Gasteiger partial charge is 0.404 e. The van der Waals surface area contributed by atoms with Crippen molar-refractivity contribution >= 4 is 29.0 Å². The Kier molecular flexibility index (Phi) is 7.45. The molecule has 0 radical (unpaired) electrons. The fourth-order valence-corrected chi connectivity index (χ4v) is 0.841. The summed E-state index contributed by atoms with van der Waals surface area (Å²) in [5.41, 5.74) is -1.10. The lowest BCUT2D eigenvalue weighted by Crippen LogP contribution is -2.28. The Morgan fingerprint density at radius 3 is 1.76 bits per heavy atom. The summed E-state index contributed by atoms with van der Waals surface area (Å²) in [7, 11) is 0. The summed E-state index contributed by atoms with van der Waals surface area (Å²) in [5.74, 6) is -1.40. The standard InChI is InChI=1S/C10H11ClO6/c1-3-8(12)15-5-7(17-10(11)14)6-16-9(13)4-2/h3-4,7H,1-2,5-6H2. The van der Waals surface area contributed by atoms with E-state index in [2.05, 4.69) is 27.4 Å². The van der Waals surface area contributed by atoms with E-state index in [0.717, 1.165) is 12.2 Å². The zero-order valence-electron chi connectivity index (χ0n) is 8.89. The van der Waals surface area contributed by atoms with Crippen LogP contribution in [-0.4, -0.2) is 36.7 Å². The van der Waals surface area contributed by atoms with E-state index in [-0.39, 0.29) is 13.2 Å². The summed E-state index contributed by atoms with van der Waals surface area (Å²) in [6, 6.07) is 0. The number of carbonyl (C=O) groups excluding carboxylic acids is 3. The minimum absolute atomic E-state index is 0.298. The lowest BCUT2D eigenvalue weighted by molar-refractivity contribution is -0.146. The monoisotopic (exact) mass is 262 g/mol. The largest absolute Gasteiger partial charge is 0.458 e. The number of rotatable bonds is 7. The quantitative estimate of drug-likeness (QED) is 0.297. The highest BCUT2D eigenvalue weighted by Crippen LogP contribution is 2.00. The minimum Gasteiger partial charge on any atom is -0.458 e. The summed E-state index contributed by atoms with van der Waals surface area (Å²) in [4.78, 5) is 32.0. The third kappa shape index (κ3) is 8.04. The van der Waals surface area contributed by atoms with E-state index in [0.29, 0.717) is 0 Å². The van der Waals surface area contributed by atoms with E-state index >= 15 is 0 Å². The van der Waals surface area contributed by atoms with Gasteiger partial charge < -0.3 is 14.2 Å². The van der Waals surface area contributed by atoms with Gasteiger partial charge in [-0.1, -0.05) is 13.2 Å².